The van der Waals surface area contributed by atoms with Crippen LogP contribution in [0.4, 0.5) is 0 Å². The third kappa shape index (κ3) is 5.92. The van der Waals surface area contributed by atoms with Crippen molar-refractivity contribution in [3.05, 3.63) is 101 Å². The number of carbonyl (C=O) groups is 1. The van der Waals surface area contributed by atoms with Crippen LogP contribution in [-0.4, -0.2) is 41.7 Å². The second kappa shape index (κ2) is 11.7. The van der Waals surface area contributed by atoms with Crippen LogP contribution in [0.3, 0.4) is 0 Å². The van der Waals surface area contributed by atoms with Gasteiger partial charge in [-0.15, -0.1) is 0 Å². The second-order valence-electron chi connectivity index (χ2n) is 8.65. The number of hydrogen-bond donors (Lipinski definition) is 0. The predicted molar refractivity (Wildman–Crippen MR) is 141 cm³/mol. The summed E-state index contributed by atoms with van der Waals surface area (Å²) in [5.74, 6) is 0.446. The van der Waals surface area contributed by atoms with Crippen molar-refractivity contribution < 1.29 is 14.3 Å². The number of aromatic nitrogens is 1. The van der Waals surface area contributed by atoms with Gasteiger partial charge in [-0.1, -0.05) is 74.5 Å². The van der Waals surface area contributed by atoms with Gasteiger partial charge in [-0.25, -0.2) is 4.79 Å². The van der Waals surface area contributed by atoms with E-state index in [1.165, 1.54) is 5.56 Å². The van der Waals surface area contributed by atoms with Crippen LogP contribution in [0.5, 0.6) is 5.75 Å². The largest absolute Gasteiger partial charge is 0.492 e. The molecular weight excluding hydrogens is 436 g/mol. The number of hydrogen-bond acceptors (Lipinski definition) is 4. The molecule has 0 N–H and O–H groups in total. The summed E-state index contributed by atoms with van der Waals surface area (Å²) in [7, 11) is 0. The standard InChI is InChI=1S/C30H34N2O3/c1-4-31(5-2)18-19-34-26-16-17-28-27(20-26)29(30(33)35-22-25-14-10-7-11-15-25)23(3)32(28)21-24-12-8-6-9-13-24/h6-17,20H,4-5,18-19,21-22H2,1-3H3. The molecule has 0 aliphatic heterocycles. The average molecular weight is 471 g/mol. The molecule has 0 bridgehead atoms. The Labute approximate surface area is 207 Å². The van der Waals surface area contributed by atoms with Gasteiger partial charge < -0.3 is 18.9 Å². The highest BCUT2D eigenvalue weighted by molar-refractivity contribution is 6.06. The number of rotatable bonds is 11. The van der Waals surface area contributed by atoms with Crippen LogP contribution >= 0.6 is 0 Å². The van der Waals surface area contributed by atoms with E-state index in [-0.39, 0.29) is 12.6 Å². The molecule has 4 rings (SSSR count). The molecule has 5 heteroatoms. The molecule has 182 valence electrons. The molecule has 4 aromatic rings. The number of likely N-dealkylation sites (N-methyl/N-ethyl adjacent to an activating group) is 1. The highest BCUT2D eigenvalue weighted by Crippen LogP contribution is 2.31. The summed E-state index contributed by atoms with van der Waals surface area (Å²) < 4.78 is 14.0. The van der Waals surface area contributed by atoms with Gasteiger partial charge in [0.2, 0.25) is 0 Å². The SMILES string of the molecule is CCN(CC)CCOc1ccc2c(c1)c(C(=O)OCc1ccccc1)c(C)n2Cc1ccccc1. The zero-order chi connectivity index (χ0) is 24.6. The third-order valence-corrected chi connectivity index (χ3v) is 6.47. The summed E-state index contributed by atoms with van der Waals surface area (Å²) in [5, 5.41) is 0.858. The van der Waals surface area contributed by atoms with Gasteiger partial charge in [0.1, 0.15) is 19.0 Å². The number of ether oxygens (including phenoxy) is 2. The van der Waals surface area contributed by atoms with E-state index in [9.17, 15) is 4.79 Å². The van der Waals surface area contributed by atoms with Crippen molar-refractivity contribution in [3.8, 4) is 5.75 Å². The molecular formula is C30H34N2O3. The van der Waals surface area contributed by atoms with Crippen LogP contribution in [0.1, 0.15) is 41.0 Å². The Morgan fingerprint density at radius 3 is 2.20 bits per heavy atom. The zero-order valence-electron chi connectivity index (χ0n) is 20.9. The predicted octanol–water partition coefficient (Wildman–Crippen LogP) is 6.08. The van der Waals surface area contributed by atoms with Crippen molar-refractivity contribution in [2.75, 3.05) is 26.2 Å². The first-order valence-corrected chi connectivity index (χ1v) is 12.3. The van der Waals surface area contributed by atoms with Gasteiger partial charge in [0, 0.05) is 29.7 Å². The fraction of sp³-hybridized carbons (Fsp3) is 0.300. The van der Waals surface area contributed by atoms with Crippen LogP contribution in [0.2, 0.25) is 0 Å². The summed E-state index contributed by atoms with van der Waals surface area (Å²) in [4.78, 5) is 15.7. The lowest BCUT2D eigenvalue weighted by molar-refractivity contribution is 0.0474. The molecule has 0 radical (unpaired) electrons. The minimum atomic E-state index is -0.316. The van der Waals surface area contributed by atoms with Crippen LogP contribution in [0, 0.1) is 6.92 Å². The number of fused-ring (bicyclic) bond motifs is 1. The van der Waals surface area contributed by atoms with E-state index in [0.717, 1.165) is 47.5 Å². The van der Waals surface area contributed by atoms with E-state index < -0.39 is 0 Å². The maximum absolute atomic E-state index is 13.3. The van der Waals surface area contributed by atoms with E-state index in [0.29, 0.717) is 18.7 Å². The molecule has 0 spiro atoms. The van der Waals surface area contributed by atoms with Gasteiger partial charge in [-0.3, -0.25) is 0 Å². The number of carbonyl (C=O) groups excluding carboxylic acids is 1. The first-order valence-electron chi connectivity index (χ1n) is 12.3. The van der Waals surface area contributed by atoms with Crippen molar-refractivity contribution in [2.45, 2.75) is 33.9 Å². The molecule has 1 heterocycles. The molecule has 5 nitrogen and oxygen atoms in total. The fourth-order valence-electron chi connectivity index (χ4n) is 4.41. The highest BCUT2D eigenvalue weighted by Gasteiger charge is 2.22. The van der Waals surface area contributed by atoms with Gasteiger partial charge >= 0.3 is 5.97 Å². The van der Waals surface area contributed by atoms with Gasteiger partial charge in [0.15, 0.2) is 0 Å². The summed E-state index contributed by atoms with van der Waals surface area (Å²) in [6, 6.07) is 26.1. The van der Waals surface area contributed by atoms with E-state index in [1.54, 1.807) is 0 Å². The van der Waals surface area contributed by atoms with Gasteiger partial charge in [-0.05, 0) is 49.3 Å². The minimum Gasteiger partial charge on any atom is -0.492 e. The van der Waals surface area contributed by atoms with Crippen molar-refractivity contribution in [3.63, 3.8) is 0 Å². The molecule has 1 aromatic heterocycles. The van der Waals surface area contributed by atoms with Crippen molar-refractivity contribution >= 4 is 16.9 Å². The van der Waals surface area contributed by atoms with E-state index in [2.05, 4.69) is 35.4 Å². The third-order valence-electron chi connectivity index (χ3n) is 6.47. The summed E-state index contributed by atoms with van der Waals surface area (Å²) in [5.41, 5.74) is 4.63. The second-order valence-corrected chi connectivity index (χ2v) is 8.65. The van der Waals surface area contributed by atoms with Gasteiger partial charge in [0.25, 0.3) is 0 Å². The van der Waals surface area contributed by atoms with Crippen molar-refractivity contribution in [1.29, 1.82) is 0 Å². The van der Waals surface area contributed by atoms with Crippen LogP contribution in [-0.2, 0) is 17.9 Å². The molecule has 3 aromatic carbocycles. The van der Waals surface area contributed by atoms with E-state index in [1.807, 2.05) is 73.7 Å². The lowest BCUT2D eigenvalue weighted by Gasteiger charge is -2.18. The van der Waals surface area contributed by atoms with Crippen LogP contribution < -0.4 is 4.74 Å². The molecule has 0 aliphatic carbocycles. The lowest BCUT2D eigenvalue weighted by Crippen LogP contribution is -2.27. The quantitative estimate of drug-likeness (QED) is 0.249. The highest BCUT2D eigenvalue weighted by atomic mass is 16.5. The molecule has 0 saturated carbocycles. The normalized spacial score (nSPS) is 11.2. The number of nitrogens with zero attached hydrogens (tertiary/aromatic N) is 2. The average Bonchev–Trinajstić information content (AvgIpc) is 3.17. The summed E-state index contributed by atoms with van der Waals surface area (Å²) in [6.07, 6.45) is 0. The van der Waals surface area contributed by atoms with E-state index in [4.69, 9.17) is 9.47 Å². The molecule has 35 heavy (non-hydrogen) atoms. The molecule has 0 unspecified atom stereocenters. The molecule has 0 aliphatic rings. The van der Waals surface area contributed by atoms with Gasteiger partial charge in [0.05, 0.1) is 5.56 Å². The maximum atomic E-state index is 13.3. The Balaban J connectivity index is 1.64. The summed E-state index contributed by atoms with van der Waals surface area (Å²) >= 11 is 0. The van der Waals surface area contributed by atoms with Crippen LogP contribution in [0.15, 0.2) is 78.9 Å². The Bertz CT molecular complexity index is 1250. The van der Waals surface area contributed by atoms with Crippen molar-refractivity contribution in [2.24, 2.45) is 0 Å². The fourth-order valence-corrected chi connectivity index (χ4v) is 4.41. The smallest absolute Gasteiger partial charge is 0.340 e. The van der Waals surface area contributed by atoms with Gasteiger partial charge in [-0.2, -0.15) is 0 Å². The molecule has 0 saturated heterocycles. The molecule has 0 amide bonds. The Morgan fingerprint density at radius 2 is 1.54 bits per heavy atom. The maximum Gasteiger partial charge on any atom is 0.340 e. The molecule has 0 fully saturated rings. The Kier molecular flexibility index (Phi) is 8.22. The zero-order valence-corrected chi connectivity index (χ0v) is 20.9. The Hall–Kier alpha value is -3.57. The minimum absolute atomic E-state index is 0.241. The molecule has 0 atom stereocenters. The van der Waals surface area contributed by atoms with Crippen LogP contribution in [0.25, 0.3) is 10.9 Å². The Morgan fingerprint density at radius 1 is 0.886 bits per heavy atom. The topological polar surface area (TPSA) is 43.7 Å². The monoisotopic (exact) mass is 470 g/mol. The number of esters is 1. The number of benzene rings is 3. The first-order chi connectivity index (χ1) is 17.1. The first kappa shape index (κ1) is 24.6. The lowest BCUT2D eigenvalue weighted by atomic mass is 10.1. The summed E-state index contributed by atoms with van der Waals surface area (Å²) in [6.45, 7) is 10.7. The van der Waals surface area contributed by atoms with E-state index >= 15 is 0 Å². The van der Waals surface area contributed by atoms with Crippen molar-refractivity contribution in [1.82, 2.24) is 9.47 Å².